The Hall–Kier alpha value is -1.85. The minimum atomic E-state index is -0.461. The van der Waals surface area contributed by atoms with Gasteiger partial charge in [0.05, 0.1) is 25.3 Å². The van der Waals surface area contributed by atoms with Crippen molar-refractivity contribution in [1.29, 1.82) is 0 Å². The van der Waals surface area contributed by atoms with Gasteiger partial charge < -0.3 is 14.7 Å². The zero-order chi connectivity index (χ0) is 14.7. The second-order valence-electron chi connectivity index (χ2n) is 3.79. The zero-order valence-corrected chi connectivity index (χ0v) is 11.6. The number of rotatable bonds is 8. The molecule has 19 heavy (non-hydrogen) atoms. The first-order chi connectivity index (χ1) is 9.04. The molecule has 0 rings (SSSR count). The molecule has 0 saturated heterocycles. The lowest BCUT2D eigenvalue weighted by Gasteiger charge is -2.07. The second kappa shape index (κ2) is 10.1. The van der Waals surface area contributed by atoms with Crippen molar-refractivity contribution < 1.29 is 24.3 Å². The SMILES string of the molecule is CCOC(=O)C/C=C(/CC/C(C)=N/O)C(=O)OCC. The molecule has 0 bridgehead atoms. The summed E-state index contributed by atoms with van der Waals surface area (Å²) in [5.74, 6) is -0.852. The van der Waals surface area contributed by atoms with Gasteiger partial charge in [-0.3, -0.25) is 4.79 Å². The van der Waals surface area contributed by atoms with Gasteiger partial charge in [0.25, 0.3) is 0 Å². The van der Waals surface area contributed by atoms with E-state index in [9.17, 15) is 9.59 Å². The monoisotopic (exact) mass is 271 g/mol. The molecule has 0 aromatic heterocycles. The van der Waals surface area contributed by atoms with Crippen LogP contribution in [0.15, 0.2) is 16.8 Å². The standard InChI is InChI=1S/C13H21NO5/c1-4-18-12(15)9-8-11(13(16)19-5-2)7-6-10(3)14-17/h8,17H,4-7,9H2,1-3H3/b11-8-,14-10+. The van der Waals surface area contributed by atoms with Crippen molar-refractivity contribution in [2.75, 3.05) is 13.2 Å². The molecule has 0 aromatic rings. The van der Waals surface area contributed by atoms with E-state index in [-0.39, 0.29) is 13.0 Å². The van der Waals surface area contributed by atoms with Gasteiger partial charge in [-0.05, 0) is 33.6 Å². The van der Waals surface area contributed by atoms with Crippen molar-refractivity contribution >= 4 is 17.7 Å². The van der Waals surface area contributed by atoms with Crippen LogP contribution in [-0.4, -0.2) is 36.1 Å². The van der Waals surface area contributed by atoms with E-state index in [1.165, 1.54) is 6.08 Å². The number of carbonyl (C=O) groups is 2. The number of carbonyl (C=O) groups excluding carboxylic acids is 2. The second-order valence-corrected chi connectivity index (χ2v) is 3.79. The molecule has 0 aliphatic heterocycles. The molecule has 6 heteroatoms. The maximum Gasteiger partial charge on any atom is 0.333 e. The van der Waals surface area contributed by atoms with Crippen LogP contribution in [0, 0.1) is 0 Å². The van der Waals surface area contributed by atoms with Crippen LogP contribution in [0.4, 0.5) is 0 Å². The first-order valence-corrected chi connectivity index (χ1v) is 6.24. The molecule has 0 aliphatic carbocycles. The summed E-state index contributed by atoms with van der Waals surface area (Å²) >= 11 is 0. The molecule has 0 aromatic carbocycles. The summed E-state index contributed by atoms with van der Waals surface area (Å²) < 4.78 is 9.68. The maximum absolute atomic E-state index is 11.7. The molecular formula is C13H21NO5. The molecule has 0 saturated carbocycles. The van der Waals surface area contributed by atoms with Crippen LogP contribution in [0.1, 0.15) is 40.0 Å². The fraction of sp³-hybridized carbons (Fsp3) is 0.615. The molecule has 0 atom stereocenters. The Kier molecular flexibility index (Phi) is 9.12. The first-order valence-electron chi connectivity index (χ1n) is 6.24. The normalized spacial score (nSPS) is 12.2. The van der Waals surface area contributed by atoms with Crippen molar-refractivity contribution in [3.63, 3.8) is 0 Å². The highest BCUT2D eigenvalue weighted by atomic mass is 16.5. The summed E-state index contributed by atoms with van der Waals surface area (Å²) in [6.07, 6.45) is 2.30. The Morgan fingerprint density at radius 2 is 1.79 bits per heavy atom. The summed E-state index contributed by atoms with van der Waals surface area (Å²) in [6, 6.07) is 0. The van der Waals surface area contributed by atoms with E-state index >= 15 is 0 Å². The lowest BCUT2D eigenvalue weighted by Crippen LogP contribution is -2.10. The van der Waals surface area contributed by atoms with Gasteiger partial charge in [-0.25, -0.2) is 4.79 Å². The Morgan fingerprint density at radius 3 is 2.32 bits per heavy atom. The third-order valence-corrected chi connectivity index (χ3v) is 2.28. The number of hydrogen-bond donors (Lipinski definition) is 1. The van der Waals surface area contributed by atoms with E-state index in [4.69, 9.17) is 14.7 Å². The fourth-order valence-corrected chi connectivity index (χ4v) is 1.30. The van der Waals surface area contributed by atoms with E-state index < -0.39 is 11.9 Å². The van der Waals surface area contributed by atoms with Crippen molar-refractivity contribution in [2.45, 2.75) is 40.0 Å². The summed E-state index contributed by atoms with van der Waals surface area (Å²) in [5.41, 5.74) is 0.893. The zero-order valence-electron chi connectivity index (χ0n) is 11.6. The van der Waals surface area contributed by atoms with Crippen LogP contribution in [0.25, 0.3) is 0 Å². The Labute approximate surface area is 113 Å². The molecular weight excluding hydrogens is 250 g/mol. The molecule has 0 fully saturated rings. The van der Waals surface area contributed by atoms with Gasteiger partial charge in [-0.1, -0.05) is 11.2 Å². The Balaban J connectivity index is 4.61. The molecule has 108 valence electrons. The highest BCUT2D eigenvalue weighted by Gasteiger charge is 2.12. The largest absolute Gasteiger partial charge is 0.466 e. The fourth-order valence-electron chi connectivity index (χ4n) is 1.30. The van der Waals surface area contributed by atoms with E-state index in [0.717, 1.165) is 0 Å². The number of ether oxygens (including phenoxy) is 2. The van der Waals surface area contributed by atoms with E-state index in [2.05, 4.69) is 5.16 Å². The summed E-state index contributed by atoms with van der Waals surface area (Å²) in [6.45, 7) is 5.64. The van der Waals surface area contributed by atoms with Gasteiger partial charge in [0.2, 0.25) is 0 Å². The van der Waals surface area contributed by atoms with Crippen molar-refractivity contribution in [3.8, 4) is 0 Å². The van der Waals surface area contributed by atoms with Crippen LogP contribution >= 0.6 is 0 Å². The van der Waals surface area contributed by atoms with Crippen molar-refractivity contribution in [1.82, 2.24) is 0 Å². The number of oxime groups is 1. The Bertz CT molecular complexity index is 360. The molecule has 0 unspecified atom stereocenters. The highest BCUT2D eigenvalue weighted by Crippen LogP contribution is 2.10. The predicted octanol–water partition coefficient (Wildman–Crippen LogP) is 2.06. The van der Waals surface area contributed by atoms with Crippen LogP contribution in [0.2, 0.25) is 0 Å². The molecule has 0 aliphatic rings. The molecule has 0 heterocycles. The van der Waals surface area contributed by atoms with Gasteiger partial charge in [0.1, 0.15) is 0 Å². The topological polar surface area (TPSA) is 85.2 Å². The van der Waals surface area contributed by atoms with Gasteiger partial charge >= 0.3 is 11.9 Å². The molecule has 0 amide bonds. The van der Waals surface area contributed by atoms with Crippen LogP contribution in [0.5, 0.6) is 0 Å². The Morgan fingerprint density at radius 1 is 1.16 bits per heavy atom. The van der Waals surface area contributed by atoms with Gasteiger partial charge in [0, 0.05) is 5.57 Å². The van der Waals surface area contributed by atoms with Crippen LogP contribution < -0.4 is 0 Å². The molecule has 6 nitrogen and oxygen atoms in total. The first kappa shape index (κ1) is 17.2. The van der Waals surface area contributed by atoms with Crippen molar-refractivity contribution in [3.05, 3.63) is 11.6 Å². The number of esters is 2. The van der Waals surface area contributed by atoms with E-state index in [0.29, 0.717) is 30.7 Å². The van der Waals surface area contributed by atoms with Gasteiger partial charge in [-0.15, -0.1) is 0 Å². The number of hydrogen-bond acceptors (Lipinski definition) is 6. The summed E-state index contributed by atoms with van der Waals surface area (Å²) in [4.78, 5) is 22.9. The minimum Gasteiger partial charge on any atom is -0.466 e. The third-order valence-electron chi connectivity index (χ3n) is 2.28. The van der Waals surface area contributed by atoms with Gasteiger partial charge in [-0.2, -0.15) is 0 Å². The average molecular weight is 271 g/mol. The van der Waals surface area contributed by atoms with Gasteiger partial charge in [0.15, 0.2) is 0 Å². The predicted molar refractivity (Wildman–Crippen MR) is 70.1 cm³/mol. The molecule has 0 radical (unpaired) electrons. The van der Waals surface area contributed by atoms with E-state index in [1.807, 2.05) is 0 Å². The lowest BCUT2D eigenvalue weighted by atomic mass is 10.1. The quantitative estimate of drug-likeness (QED) is 0.240. The maximum atomic E-state index is 11.7. The highest BCUT2D eigenvalue weighted by molar-refractivity contribution is 5.91. The third kappa shape index (κ3) is 7.96. The van der Waals surface area contributed by atoms with E-state index in [1.54, 1.807) is 20.8 Å². The van der Waals surface area contributed by atoms with Crippen LogP contribution in [-0.2, 0) is 19.1 Å². The number of nitrogens with zero attached hydrogens (tertiary/aromatic N) is 1. The minimum absolute atomic E-state index is 0.0251. The smallest absolute Gasteiger partial charge is 0.333 e. The molecule has 0 spiro atoms. The van der Waals surface area contributed by atoms with Crippen molar-refractivity contribution in [2.24, 2.45) is 5.16 Å². The molecule has 1 N–H and O–H groups in total. The summed E-state index contributed by atoms with van der Waals surface area (Å²) in [5, 5.41) is 11.6. The summed E-state index contributed by atoms with van der Waals surface area (Å²) in [7, 11) is 0. The lowest BCUT2D eigenvalue weighted by molar-refractivity contribution is -0.142. The average Bonchev–Trinajstić information content (AvgIpc) is 2.38. The van der Waals surface area contributed by atoms with Crippen LogP contribution in [0.3, 0.4) is 0 Å².